The smallest absolute Gasteiger partial charge is 0.341 e. The third-order valence-corrected chi connectivity index (χ3v) is 6.63. The number of ether oxygens (including phenoxy) is 1. The molecule has 0 aliphatic carbocycles. The first-order valence-corrected chi connectivity index (χ1v) is 11.2. The summed E-state index contributed by atoms with van der Waals surface area (Å²) in [6, 6.07) is 11.7. The molecule has 2 heterocycles. The van der Waals surface area contributed by atoms with Crippen LogP contribution in [0.4, 0.5) is 5.00 Å². The molecule has 1 aromatic carbocycles. The molecule has 2 aromatic heterocycles. The molecule has 0 spiro atoms. The summed E-state index contributed by atoms with van der Waals surface area (Å²) in [4.78, 5) is 34.7. The van der Waals surface area contributed by atoms with Gasteiger partial charge in [-0.3, -0.25) is 4.79 Å². The number of anilines is 1. The van der Waals surface area contributed by atoms with Gasteiger partial charge in [0.05, 0.1) is 23.1 Å². The number of rotatable bonds is 7. The Morgan fingerprint density at radius 3 is 2.63 bits per heavy atom. The average Bonchev–Trinajstić information content (AvgIpc) is 3.02. The molecular weight excluding hydrogens is 418 g/mol. The van der Waals surface area contributed by atoms with Gasteiger partial charge in [0.15, 0.2) is 0 Å². The van der Waals surface area contributed by atoms with Crippen molar-refractivity contribution < 1.29 is 14.3 Å². The van der Waals surface area contributed by atoms with Crippen LogP contribution < -0.4 is 5.32 Å². The van der Waals surface area contributed by atoms with Crippen molar-refractivity contribution in [1.82, 2.24) is 9.97 Å². The van der Waals surface area contributed by atoms with Crippen LogP contribution in [0, 0.1) is 13.8 Å². The number of hydrogen-bond donors (Lipinski definition) is 1. The van der Waals surface area contributed by atoms with Crippen molar-refractivity contribution in [2.45, 2.75) is 38.0 Å². The summed E-state index contributed by atoms with van der Waals surface area (Å²) in [6.07, 6.45) is 1.50. The van der Waals surface area contributed by atoms with E-state index in [4.69, 9.17) is 4.74 Å². The highest BCUT2D eigenvalue weighted by molar-refractivity contribution is 8.00. The molecule has 0 saturated heterocycles. The Kier molecular flexibility index (Phi) is 7.23. The molecule has 0 bridgehead atoms. The zero-order chi connectivity index (χ0) is 21.7. The standard InChI is InChI=1S/C22H23N3O3S2/c1-5-28-22(27)19-13(2)14(3)30-21(19)25-20(26)15(4)29-18-11-17(23-12-24-18)16-9-7-6-8-10-16/h6-12,15H,5H2,1-4H3,(H,25,26). The fourth-order valence-corrected chi connectivity index (χ4v) is 4.65. The molecule has 0 fully saturated rings. The van der Waals surface area contributed by atoms with Crippen LogP contribution in [0.25, 0.3) is 11.3 Å². The Morgan fingerprint density at radius 2 is 1.93 bits per heavy atom. The van der Waals surface area contributed by atoms with Gasteiger partial charge in [-0.05, 0) is 39.3 Å². The van der Waals surface area contributed by atoms with E-state index in [0.29, 0.717) is 15.6 Å². The predicted molar refractivity (Wildman–Crippen MR) is 121 cm³/mol. The number of nitrogens with one attached hydrogen (secondary N) is 1. The number of thioether (sulfide) groups is 1. The lowest BCUT2D eigenvalue weighted by Gasteiger charge is -2.12. The highest BCUT2D eigenvalue weighted by atomic mass is 32.2. The van der Waals surface area contributed by atoms with E-state index < -0.39 is 11.2 Å². The van der Waals surface area contributed by atoms with Gasteiger partial charge in [0.25, 0.3) is 0 Å². The second kappa shape index (κ2) is 9.86. The molecule has 0 saturated carbocycles. The van der Waals surface area contributed by atoms with Gasteiger partial charge in [-0.2, -0.15) is 0 Å². The number of aromatic nitrogens is 2. The summed E-state index contributed by atoms with van der Waals surface area (Å²) < 4.78 is 5.15. The first-order valence-electron chi connectivity index (χ1n) is 9.52. The number of carbonyl (C=O) groups excluding carboxylic acids is 2. The Bertz CT molecular complexity index is 1050. The first-order chi connectivity index (χ1) is 14.4. The van der Waals surface area contributed by atoms with Crippen molar-refractivity contribution in [2.75, 3.05) is 11.9 Å². The zero-order valence-corrected chi connectivity index (χ0v) is 18.9. The number of thiophene rings is 1. The highest BCUT2D eigenvalue weighted by Gasteiger charge is 2.24. The van der Waals surface area contributed by atoms with Gasteiger partial charge in [-0.1, -0.05) is 42.1 Å². The minimum atomic E-state index is -0.418. The van der Waals surface area contributed by atoms with Gasteiger partial charge in [0.2, 0.25) is 5.91 Å². The number of benzene rings is 1. The van der Waals surface area contributed by atoms with Gasteiger partial charge in [-0.25, -0.2) is 14.8 Å². The van der Waals surface area contributed by atoms with Crippen molar-refractivity contribution in [2.24, 2.45) is 0 Å². The minimum Gasteiger partial charge on any atom is -0.462 e. The van der Waals surface area contributed by atoms with Gasteiger partial charge in [0.1, 0.15) is 16.4 Å². The summed E-state index contributed by atoms with van der Waals surface area (Å²) in [7, 11) is 0. The van der Waals surface area contributed by atoms with Crippen LogP contribution in [0.3, 0.4) is 0 Å². The van der Waals surface area contributed by atoms with Gasteiger partial charge < -0.3 is 10.1 Å². The summed E-state index contributed by atoms with van der Waals surface area (Å²) in [5.41, 5.74) is 3.05. The van der Waals surface area contributed by atoms with E-state index in [-0.39, 0.29) is 12.5 Å². The lowest BCUT2D eigenvalue weighted by Crippen LogP contribution is -2.23. The molecule has 30 heavy (non-hydrogen) atoms. The quantitative estimate of drug-likeness (QED) is 0.311. The van der Waals surface area contributed by atoms with Gasteiger partial charge in [-0.15, -0.1) is 11.3 Å². The van der Waals surface area contributed by atoms with Crippen molar-refractivity contribution in [3.63, 3.8) is 0 Å². The summed E-state index contributed by atoms with van der Waals surface area (Å²) in [6.45, 7) is 7.63. The Hall–Kier alpha value is -2.71. The molecule has 156 valence electrons. The largest absolute Gasteiger partial charge is 0.462 e. The molecule has 1 amide bonds. The van der Waals surface area contributed by atoms with E-state index in [1.807, 2.05) is 57.2 Å². The maximum absolute atomic E-state index is 12.8. The van der Waals surface area contributed by atoms with Crippen molar-refractivity contribution in [1.29, 1.82) is 0 Å². The third-order valence-electron chi connectivity index (χ3n) is 4.48. The molecule has 0 aliphatic rings. The van der Waals surface area contributed by atoms with Crippen molar-refractivity contribution in [3.8, 4) is 11.3 Å². The number of amides is 1. The van der Waals surface area contributed by atoms with Crippen molar-refractivity contribution in [3.05, 3.63) is 58.7 Å². The fourth-order valence-electron chi connectivity index (χ4n) is 2.78. The number of aryl methyl sites for hydroxylation is 1. The zero-order valence-electron chi connectivity index (χ0n) is 17.3. The van der Waals surface area contributed by atoms with Crippen LogP contribution in [-0.4, -0.2) is 33.7 Å². The normalized spacial score (nSPS) is 11.7. The topological polar surface area (TPSA) is 81.2 Å². The molecule has 0 aliphatic heterocycles. The fraction of sp³-hybridized carbons (Fsp3) is 0.273. The lowest BCUT2D eigenvalue weighted by molar-refractivity contribution is -0.115. The second-order valence-corrected chi connectivity index (χ2v) is 9.15. The number of hydrogen-bond acceptors (Lipinski definition) is 7. The number of nitrogens with zero attached hydrogens (tertiary/aromatic N) is 2. The molecule has 6 nitrogen and oxygen atoms in total. The first kappa shape index (κ1) is 22.0. The van der Waals surface area contributed by atoms with Gasteiger partial charge >= 0.3 is 5.97 Å². The Morgan fingerprint density at radius 1 is 1.20 bits per heavy atom. The molecule has 1 atom stereocenters. The van der Waals surface area contributed by atoms with Crippen molar-refractivity contribution >= 4 is 40.0 Å². The molecule has 1 N–H and O–H groups in total. The van der Waals surface area contributed by atoms with E-state index >= 15 is 0 Å². The second-order valence-electron chi connectivity index (χ2n) is 6.56. The van der Waals surface area contributed by atoms with Crippen LogP contribution in [0.15, 0.2) is 47.8 Å². The van der Waals surface area contributed by atoms with Crippen LogP contribution in [0.2, 0.25) is 0 Å². The molecule has 0 radical (unpaired) electrons. The maximum Gasteiger partial charge on any atom is 0.341 e. The minimum absolute atomic E-state index is 0.202. The summed E-state index contributed by atoms with van der Waals surface area (Å²) >= 11 is 2.72. The monoisotopic (exact) mass is 441 g/mol. The van der Waals surface area contributed by atoms with Crippen LogP contribution in [0.1, 0.15) is 34.6 Å². The molecule has 3 aromatic rings. The SMILES string of the molecule is CCOC(=O)c1c(NC(=O)C(C)Sc2cc(-c3ccccc3)ncn2)sc(C)c1C. The van der Waals surface area contributed by atoms with E-state index in [0.717, 1.165) is 21.7 Å². The van der Waals surface area contributed by atoms with E-state index in [1.54, 1.807) is 6.92 Å². The van der Waals surface area contributed by atoms with E-state index in [9.17, 15) is 9.59 Å². The third kappa shape index (κ3) is 5.06. The summed E-state index contributed by atoms with van der Waals surface area (Å²) in [5, 5.41) is 3.70. The van der Waals surface area contributed by atoms with Crippen LogP contribution in [0.5, 0.6) is 0 Å². The Balaban J connectivity index is 1.73. The van der Waals surface area contributed by atoms with E-state index in [2.05, 4.69) is 15.3 Å². The number of esters is 1. The van der Waals surface area contributed by atoms with E-state index in [1.165, 1.54) is 29.4 Å². The Labute approximate surface area is 184 Å². The average molecular weight is 442 g/mol. The number of carbonyl (C=O) groups is 2. The molecule has 3 rings (SSSR count). The molecule has 1 unspecified atom stereocenters. The van der Waals surface area contributed by atoms with Crippen LogP contribution >= 0.6 is 23.1 Å². The molecular formula is C22H23N3O3S2. The van der Waals surface area contributed by atoms with Gasteiger partial charge in [0, 0.05) is 10.4 Å². The molecule has 8 heteroatoms. The maximum atomic E-state index is 12.8. The lowest BCUT2D eigenvalue weighted by atomic mass is 10.1. The highest BCUT2D eigenvalue weighted by Crippen LogP contribution is 2.34. The van der Waals surface area contributed by atoms with Crippen LogP contribution in [-0.2, 0) is 9.53 Å². The predicted octanol–water partition coefficient (Wildman–Crippen LogP) is 5.12. The summed E-state index contributed by atoms with van der Waals surface area (Å²) in [5.74, 6) is -0.620.